The van der Waals surface area contributed by atoms with Crippen molar-refractivity contribution in [3.05, 3.63) is 42.5 Å². The van der Waals surface area contributed by atoms with E-state index in [4.69, 9.17) is 4.74 Å². The summed E-state index contributed by atoms with van der Waals surface area (Å²) in [6.45, 7) is 9.87. The molecule has 118 valence electrons. The van der Waals surface area contributed by atoms with E-state index in [1.54, 1.807) is 0 Å². The summed E-state index contributed by atoms with van der Waals surface area (Å²) in [5.74, 6) is 0.977. The fourth-order valence-corrected chi connectivity index (χ4v) is 2.37. The number of hydrogen-bond acceptors (Lipinski definition) is 1. The number of halogens is 1. The molecule has 0 aliphatic carbocycles. The van der Waals surface area contributed by atoms with Crippen molar-refractivity contribution in [2.24, 2.45) is 0 Å². The molecule has 1 aromatic rings. The Bertz CT molecular complexity index is 416. The molecule has 0 N–H and O–H groups in total. The number of rotatable bonds is 10. The van der Waals surface area contributed by atoms with Crippen molar-refractivity contribution < 1.29 is 9.13 Å². The summed E-state index contributed by atoms with van der Waals surface area (Å²) < 4.78 is 20.0. The predicted octanol–water partition coefficient (Wildman–Crippen LogP) is 6.05. The number of unbranched alkanes of at least 4 members (excludes halogenated alkanes) is 3. The summed E-state index contributed by atoms with van der Waals surface area (Å²) in [6.07, 6.45) is 5.54. The van der Waals surface area contributed by atoms with Crippen molar-refractivity contribution in [3.8, 4) is 5.75 Å². The standard InChI is InChI=1S/C19H29FO/c1-5-7-8-9-13-18(20)16(4)21-19-14-11-10-12-17(19)15(3)6-2/h6,10-12,14-16,18H,2,5,7-9,13H2,1,3-4H3. The van der Waals surface area contributed by atoms with Gasteiger partial charge >= 0.3 is 0 Å². The fraction of sp³-hybridized carbons (Fsp3) is 0.579. The lowest BCUT2D eigenvalue weighted by Crippen LogP contribution is -2.25. The molecule has 1 aromatic carbocycles. The quantitative estimate of drug-likeness (QED) is 0.376. The number of allylic oxidation sites excluding steroid dienone is 1. The molecule has 0 amide bonds. The molecule has 0 saturated heterocycles. The van der Waals surface area contributed by atoms with Crippen molar-refractivity contribution >= 4 is 0 Å². The highest BCUT2D eigenvalue weighted by Crippen LogP contribution is 2.28. The van der Waals surface area contributed by atoms with E-state index >= 15 is 0 Å². The normalized spacial score (nSPS) is 15.2. The van der Waals surface area contributed by atoms with E-state index in [0.29, 0.717) is 6.42 Å². The van der Waals surface area contributed by atoms with Crippen LogP contribution in [0.25, 0.3) is 0 Å². The van der Waals surface area contributed by atoms with E-state index in [1.165, 1.54) is 12.8 Å². The average molecular weight is 292 g/mol. The first kappa shape index (κ1) is 17.7. The third kappa shape index (κ3) is 5.91. The Kier molecular flexibility index (Phi) is 8.11. The Balaban J connectivity index is 2.57. The van der Waals surface area contributed by atoms with Crippen LogP contribution in [0.2, 0.25) is 0 Å². The van der Waals surface area contributed by atoms with Crippen LogP contribution in [0.3, 0.4) is 0 Å². The van der Waals surface area contributed by atoms with Crippen molar-refractivity contribution in [3.63, 3.8) is 0 Å². The molecule has 0 heterocycles. The number of para-hydroxylation sites is 1. The maximum atomic E-state index is 14.2. The smallest absolute Gasteiger partial charge is 0.136 e. The summed E-state index contributed by atoms with van der Waals surface area (Å²) in [6, 6.07) is 7.83. The highest BCUT2D eigenvalue weighted by atomic mass is 19.1. The number of benzene rings is 1. The van der Waals surface area contributed by atoms with E-state index in [9.17, 15) is 4.39 Å². The molecule has 0 aliphatic rings. The van der Waals surface area contributed by atoms with Crippen LogP contribution in [0.1, 0.15) is 64.4 Å². The van der Waals surface area contributed by atoms with Crippen molar-refractivity contribution in [1.82, 2.24) is 0 Å². The molecule has 0 aliphatic heterocycles. The molecule has 3 unspecified atom stereocenters. The van der Waals surface area contributed by atoms with Gasteiger partial charge in [0.1, 0.15) is 18.0 Å². The first-order valence-corrected chi connectivity index (χ1v) is 8.12. The zero-order valence-corrected chi connectivity index (χ0v) is 13.6. The topological polar surface area (TPSA) is 9.23 Å². The highest BCUT2D eigenvalue weighted by molar-refractivity contribution is 5.37. The Morgan fingerprint density at radius 3 is 2.57 bits per heavy atom. The second-order valence-electron chi connectivity index (χ2n) is 5.75. The maximum absolute atomic E-state index is 14.2. The molecule has 1 rings (SSSR count). The van der Waals surface area contributed by atoms with E-state index in [2.05, 4.69) is 20.4 Å². The Morgan fingerprint density at radius 1 is 1.19 bits per heavy atom. The monoisotopic (exact) mass is 292 g/mol. The minimum atomic E-state index is -0.908. The van der Waals surface area contributed by atoms with Crippen LogP contribution < -0.4 is 4.74 Å². The molecular weight excluding hydrogens is 263 g/mol. The van der Waals surface area contributed by atoms with Crippen LogP contribution in [0.4, 0.5) is 4.39 Å². The van der Waals surface area contributed by atoms with Gasteiger partial charge in [-0.15, -0.1) is 6.58 Å². The third-order valence-corrected chi connectivity index (χ3v) is 3.92. The van der Waals surface area contributed by atoms with Crippen molar-refractivity contribution in [1.29, 1.82) is 0 Å². The van der Waals surface area contributed by atoms with Gasteiger partial charge in [-0.05, 0) is 19.4 Å². The van der Waals surface area contributed by atoms with E-state index < -0.39 is 12.3 Å². The SMILES string of the molecule is C=CC(C)c1ccccc1OC(C)C(F)CCCCCC. The molecule has 0 bridgehead atoms. The Hall–Kier alpha value is -1.31. The molecule has 3 atom stereocenters. The van der Waals surface area contributed by atoms with Gasteiger partial charge in [-0.25, -0.2) is 4.39 Å². The van der Waals surface area contributed by atoms with Crippen LogP contribution in [0.15, 0.2) is 36.9 Å². The van der Waals surface area contributed by atoms with Gasteiger partial charge < -0.3 is 4.74 Å². The maximum Gasteiger partial charge on any atom is 0.136 e. The van der Waals surface area contributed by atoms with Crippen LogP contribution in [-0.2, 0) is 0 Å². The Morgan fingerprint density at radius 2 is 1.90 bits per heavy atom. The minimum absolute atomic E-state index is 0.205. The van der Waals surface area contributed by atoms with Crippen LogP contribution >= 0.6 is 0 Å². The summed E-state index contributed by atoms with van der Waals surface area (Å²) in [4.78, 5) is 0. The average Bonchev–Trinajstić information content (AvgIpc) is 2.51. The van der Waals surface area contributed by atoms with Gasteiger partial charge in [0.2, 0.25) is 0 Å². The molecule has 0 saturated carbocycles. The van der Waals surface area contributed by atoms with Gasteiger partial charge in [0, 0.05) is 11.5 Å². The molecular formula is C19H29FO. The lowest BCUT2D eigenvalue weighted by atomic mass is 10.0. The zero-order chi connectivity index (χ0) is 15.7. The summed E-state index contributed by atoms with van der Waals surface area (Å²) in [5.41, 5.74) is 1.07. The fourth-order valence-electron chi connectivity index (χ4n) is 2.37. The number of hydrogen-bond donors (Lipinski definition) is 0. The zero-order valence-electron chi connectivity index (χ0n) is 13.6. The molecule has 0 radical (unpaired) electrons. The molecule has 2 heteroatoms. The van der Waals surface area contributed by atoms with Gasteiger partial charge in [-0.3, -0.25) is 0 Å². The largest absolute Gasteiger partial charge is 0.487 e. The first-order chi connectivity index (χ1) is 10.1. The molecule has 0 fully saturated rings. The molecule has 21 heavy (non-hydrogen) atoms. The van der Waals surface area contributed by atoms with Gasteiger partial charge in [0.25, 0.3) is 0 Å². The summed E-state index contributed by atoms with van der Waals surface area (Å²) in [5, 5.41) is 0. The van der Waals surface area contributed by atoms with Gasteiger partial charge in [-0.1, -0.05) is 63.8 Å². The van der Waals surface area contributed by atoms with E-state index in [-0.39, 0.29) is 5.92 Å². The first-order valence-electron chi connectivity index (χ1n) is 8.12. The summed E-state index contributed by atoms with van der Waals surface area (Å²) in [7, 11) is 0. The van der Waals surface area contributed by atoms with E-state index in [0.717, 1.165) is 24.2 Å². The number of ether oxygens (including phenoxy) is 1. The van der Waals surface area contributed by atoms with Crippen molar-refractivity contribution in [2.45, 2.75) is 71.1 Å². The lowest BCUT2D eigenvalue weighted by molar-refractivity contribution is 0.105. The summed E-state index contributed by atoms with van der Waals surface area (Å²) >= 11 is 0. The molecule has 0 spiro atoms. The second kappa shape index (κ2) is 9.59. The van der Waals surface area contributed by atoms with Gasteiger partial charge in [-0.2, -0.15) is 0 Å². The highest BCUT2D eigenvalue weighted by Gasteiger charge is 2.19. The third-order valence-electron chi connectivity index (χ3n) is 3.92. The molecule has 0 aromatic heterocycles. The second-order valence-corrected chi connectivity index (χ2v) is 5.75. The van der Waals surface area contributed by atoms with E-state index in [1.807, 2.05) is 37.3 Å². The number of alkyl halides is 1. The van der Waals surface area contributed by atoms with Crippen molar-refractivity contribution in [2.75, 3.05) is 0 Å². The van der Waals surface area contributed by atoms with Gasteiger partial charge in [0.05, 0.1) is 0 Å². The van der Waals surface area contributed by atoms with Crippen LogP contribution in [-0.4, -0.2) is 12.3 Å². The van der Waals surface area contributed by atoms with Crippen LogP contribution in [0.5, 0.6) is 5.75 Å². The predicted molar refractivity (Wildman–Crippen MR) is 88.8 cm³/mol. The lowest BCUT2D eigenvalue weighted by Gasteiger charge is -2.22. The Labute approximate surface area is 129 Å². The molecule has 1 nitrogen and oxygen atoms in total. The minimum Gasteiger partial charge on any atom is -0.487 e. The van der Waals surface area contributed by atoms with Gasteiger partial charge in [0.15, 0.2) is 0 Å². The van der Waals surface area contributed by atoms with Crippen LogP contribution in [0, 0.1) is 0 Å².